The Morgan fingerprint density at radius 2 is 0.920 bits per heavy atom. The monoisotopic (exact) mass is 644 g/mol. The summed E-state index contributed by atoms with van der Waals surface area (Å²) in [4.78, 5) is 4.87. The van der Waals surface area contributed by atoms with Crippen molar-refractivity contribution in [3.05, 3.63) is 192 Å². The Morgan fingerprint density at radius 1 is 0.380 bits per heavy atom. The molecule has 0 N–H and O–H groups in total. The lowest BCUT2D eigenvalue weighted by Crippen LogP contribution is -2.31. The second-order valence-corrected chi connectivity index (χ2v) is 14.7. The summed E-state index contributed by atoms with van der Waals surface area (Å²) in [7, 11) is 0. The minimum absolute atomic E-state index is 0.0740. The second-order valence-electron chi connectivity index (χ2n) is 14.7. The molecule has 7 aromatic rings. The highest BCUT2D eigenvalue weighted by Gasteiger charge is 2.39. The number of para-hydroxylation sites is 2. The molecular weight excluding hydrogens is 605 g/mol. The van der Waals surface area contributed by atoms with Gasteiger partial charge in [0.25, 0.3) is 0 Å². The lowest BCUT2D eigenvalue weighted by molar-refractivity contribution is 0.631. The molecule has 242 valence electrons. The molecule has 50 heavy (non-hydrogen) atoms. The van der Waals surface area contributed by atoms with E-state index in [4.69, 9.17) is 0 Å². The lowest BCUT2D eigenvalue weighted by Gasteiger charge is -2.43. The molecule has 0 radical (unpaired) electrons. The van der Waals surface area contributed by atoms with E-state index in [2.05, 4.69) is 207 Å². The van der Waals surface area contributed by atoms with Crippen molar-refractivity contribution in [2.24, 2.45) is 0 Å². The minimum atomic E-state index is -0.218. The minimum Gasteiger partial charge on any atom is -0.310 e. The van der Waals surface area contributed by atoms with Crippen LogP contribution >= 0.6 is 0 Å². The van der Waals surface area contributed by atoms with Gasteiger partial charge < -0.3 is 9.80 Å². The van der Waals surface area contributed by atoms with Gasteiger partial charge >= 0.3 is 0 Å². The van der Waals surface area contributed by atoms with Crippen molar-refractivity contribution >= 4 is 34.1 Å². The van der Waals surface area contributed by atoms with E-state index in [1.54, 1.807) is 0 Å². The summed E-state index contributed by atoms with van der Waals surface area (Å²) < 4.78 is 0. The third kappa shape index (κ3) is 4.63. The van der Waals surface area contributed by atoms with Crippen LogP contribution in [0.15, 0.2) is 170 Å². The molecule has 0 amide bonds. The molecule has 1 heterocycles. The molecule has 2 heteroatoms. The molecule has 0 saturated carbocycles. The Morgan fingerprint density at radius 3 is 1.68 bits per heavy atom. The number of nitrogens with zero attached hydrogens (tertiary/aromatic N) is 2. The van der Waals surface area contributed by atoms with Gasteiger partial charge in [0.05, 0.1) is 11.4 Å². The smallest absolute Gasteiger partial charge is 0.0504 e. The van der Waals surface area contributed by atoms with Crippen molar-refractivity contribution < 1.29 is 0 Å². The van der Waals surface area contributed by atoms with Crippen LogP contribution in [0, 0.1) is 0 Å². The molecule has 0 bridgehead atoms. The topological polar surface area (TPSA) is 6.48 Å². The molecular formula is C48H40N2. The first-order valence-electron chi connectivity index (χ1n) is 17.6. The maximum atomic E-state index is 2.49. The van der Waals surface area contributed by atoms with Crippen molar-refractivity contribution in [3.8, 4) is 22.3 Å². The fraction of sp³-hybridized carbons (Fsp3) is 0.125. The number of rotatable bonds is 5. The Kier molecular flexibility index (Phi) is 6.86. The van der Waals surface area contributed by atoms with E-state index in [0.29, 0.717) is 0 Å². The summed E-state index contributed by atoms with van der Waals surface area (Å²) in [6.07, 6.45) is 0. The predicted molar refractivity (Wildman–Crippen MR) is 211 cm³/mol. The zero-order valence-electron chi connectivity index (χ0n) is 29.1. The van der Waals surface area contributed by atoms with Crippen LogP contribution in [0.2, 0.25) is 0 Å². The van der Waals surface area contributed by atoms with Gasteiger partial charge in [0.1, 0.15) is 0 Å². The van der Waals surface area contributed by atoms with Crippen LogP contribution in [0.1, 0.15) is 49.9 Å². The van der Waals surface area contributed by atoms with E-state index in [1.165, 1.54) is 61.6 Å². The van der Waals surface area contributed by atoms with E-state index in [-0.39, 0.29) is 10.8 Å². The first kappa shape index (κ1) is 30.2. The molecule has 2 nitrogen and oxygen atoms in total. The van der Waals surface area contributed by atoms with Gasteiger partial charge in [-0.1, -0.05) is 137 Å². The molecule has 0 spiro atoms. The molecule has 1 aliphatic heterocycles. The van der Waals surface area contributed by atoms with Gasteiger partial charge in [-0.3, -0.25) is 0 Å². The number of fused-ring (bicyclic) bond motifs is 5. The maximum absolute atomic E-state index is 2.49. The van der Waals surface area contributed by atoms with Crippen molar-refractivity contribution in [2.45, 2.75) is 38.5 Å². The fourth-order valence-corrected chi connectivity index (χ4v) is 8.40. The Hall–Kier alpha value is -5.86. The molecule has 0 atom stereocenters. The molecule has 7 aromatic carbocycles. The average molecular weight is 645 g/mol. The summed E-state index contributed by atoms with van der Waals surface area (Å²) in [6, 6.07) is 62.2. The number of anilines is 6. The molecule has 1 aliphatic carbocycles. The number of benzene rings is 7. The third-order valence-electron chi connectivity index (χ3n) is 11.0. The fourth-order valence-electron chi connectivity index (χ4n) is 8.40. The van der Waals surface area contributed by atoms with Crippen LogP contribution in [0.3, 0.4) is 0 Å². The summed E-state index contributed by atoms with van der Waals surface area (Å²) in [5.74, 6) is 0. The van der Waals surface area contributed by atoms with E-state index in [0.717, 1.165) is 17.1 Å². The van der Waals surface area contributed by atoms with Crippen molar-refractivity contribution in [3.63, 3.8) is 0 Å². The normalized spacial score (nSPS) is 14.7. The van der Waals surface area contributed by atoms with Crippen LogP contribution in [0.25, 0.3) is 22.3 Å². The highest BCUT2D eigenvalue weighted by Crippen LogP contribution is 2.55. The highest BCUT2D eigenvalue weighted by molar-refractivity contribution is 5.91. The van der Waals surface area contributed by atoms with Crippen LogP contribution in [-0.2, 0) is 10.8 Å². The third-order valence-corrected chi connectivity index (χ3v) is 11.0. The summed E-state index contributed by atoms with van der Waals surface area (Å²) >= 11 is 0. The summed E-state index contributed by atoms with van der Waals surface area (Å²) in [6.45, 7) is 9.46. The number of hydrogen-bond donors (Lipinski definition) is 0. The Balaban J connectivity index is 1.20. The number of hydrogen-bond acceptors (Lipinski definition) is 2. The zero-order chi connectivity index (χ0) is 34.0. The van der Waals surface area contributed by atoms with Crippen LogP contribution in [-0.4, -0.2) is 0 Å². The maximum Gasteiger partial charge on any atom is 0.0504 e. The van der Waals surface area contributed by atoms with Crippen LogP contribution < -0.4 is 9.80 Å². The lowest BCUT2D eigenvalue weighted by atomic mass is 9.73. The van der Waals surface area contributed by atoms with Gasteiger partial charge in [-0.2, -0.15) is 0 Å². The predicted octanol–water partition coefficient (Wildman–Crippen LogP) is 13.2. The largest absolute Gasteiger partial charge is 0.310 e. The quantitative estimate of drug-likeness (QED) is 0.184. The second kappa shape index (κ2) is 11.4. The first-order valence-corrected chi connectivity index (χ1v) is 17.6. The SMILES string of the molecule is CC1(C)c2ccccc2-c2ccc(N3c4ccccc4C(C)(C)c4cc(N(c5ccccc5)c5ccc(-c6ccccc6)cc5)ccc43)cc21. The molecule has 0 fully saturated rings. The average Bonchev–Trinajstić information content (AvgIpc) is 3.39. The summed E-state index contributed by atoms with van der Waals surface area (Å²) in [5, 5.41) is 0. The van der Waals surface area contributed by atoms with Gasteiger partial charge in [-0.25, -0.2) is 0 Å². The summed E-state index contributed by atoms with van der Waals surface area (Å²) in [5.41, 5.74) is 17.3. The van der Waals surface area contributed by atoms with Gasteiger partial charge in [0, 0.05) is 33.6 Å². The standard InChI is InChI=1S/C48H40N2/c1-47(2)41-20-12-11-19-39(41)40-29-27-38(31-43(40)47)50-45-22-14-13-21-42(45)48(3,4)44-32-37(28-30-46(44)50)49(35-17-9-6-10-18-35)36-25-23-34(24-26-36)33-15-7-5-8-16-33/h5-32H,1-4H3. The van der Waals surface area contributed by atoms with Gasteiger partial charge in [0.15, 0.2) is 0 Å². The van der Waals surface area contributed by atoms with E-state index in [1.807, 2.05) is 0 Å². The Labute approximate surface area is 295 Å². The van der Waals surface area contributed by atoms with E-state index >= 15 is 0 Å². The van der Waals surface area contributed by atoms with Gasteiger partial charge in [-0.05, 0) is 105 Å². The van der Waals surface area contributed by atoms with Gasteiger partial charge in [0.2, 0.25) is 0 Å². The molecule has 9 rings (SSSR count). The van der Waals surface area contributed by atoms with Crippen LogP contribution in [0.4, 0.5) is 34.1 Å². The van der Waals surface area contributed by atoms with E-state index < -0.39 is 0 Å². The highest BCUT2D eigenvalue weighted by atomic mass is 15.2. The van der Waals surface area contributed by atoms with Gasteiger partial charge in [-0.15, -0.1) is 0 Å². The van der Waals surface area contributed by atoms with Crippen LogP contribution in [0.5, 0.6) is 0 Å². The van der Waals surface area contributed by atoms with Crippen molar-refractivity contribution in [1.82, 2.24) is 0 Å². The van der Waals surface area contributed by atoms with E-state index in [9.17, 15) is 0 Å². The zero-order valence-corrected chi connectivity index (χ0v) is 29.1. The van der Waals surface area contributed by atoms with Crippen molar-refractivity contribution in [2.75, 3.05) is 9.80 Å². The first-order chi connectivity index (χ1) is 24.3. The molecule has 2 aliphatic rings. The molecule has 0 aromatic heterocycles. The molecule has 0 unspecified atom stereocenters. The molecule has 0 saturated heterocycles. The Bertz CT molecular complexity index is 2370. The van der Waals surface area contributed by atoms with Crippen molar-refractivity contribution in [1.29, 1.82) is 0 Å².